The van der Waals surface area contributed by atoms with Crippen molar-refractivity contribution in [3.8, 4) is 11.5 Å². The fraction of sp³-hybridized carbons (Fsp3) is 0.455. The normalized spacial score (nSPS) is 20.8. The Morgan fingerprint density at radius 3 is 2.45 bits per heavy atom. The summed E-state index contributed by atoms with van der Waals surface area (Å²) in [6.45, 7) is 5.94. The first kappa shape index (κ1) is 21.2. The predicted octanol–water partition coefficient (Wildman–Crippen LogP) is 4.13. The Balaban J connectivity index is 2.27. The molecule has 1 aromatic carbocycles. The van der Waals surface area contributed by atoms with Gasteiger partial charge in [0.1, 0.15) is 0 Å². The van der Waals surface area contributed by atoms with E-state index in [1.165, 1.54) is 21.3 Å². The standard InChI is InChI=1S/C22H26ClNO5/c1-11-17(21(26)29-6)18(12-7-13(23)20(28-5)16(8-12)27-4)19-14(24-11)9-22(2,3)10-15(19)25/h7-8,18,24H,9-10H2,1-6H3/t18-/m0/s1. The van der Waals surface area contributed by atoms with Gasteiger partial charge >= 0.3 is 5.97 Å². The van der Waals surface area contributed by atoms with Crippen molar-refractivity contribution < 1.29 is 23.8 Å². The molecular formula is C22H26ClNO5. The smallest absolute Gasteiger partial charge is 0.336 e. The van der Waals surface area contributed by atoms with E-state index in [0.717, 1.165) is 5.70 Å². The molecular weight excluding hydrogens is 394 g/mol. The van der Waals surface area contributed by atoms with Crippen LogP contribution in [-0.4, -0.2) is 33.1 Å². The number of ketones is 1. The van der Waals surface area contributed by atoms with Crippen LogP contribution in [0.2, 0.25) is 5.02 Å². The molecule has 1 heterocycles. The number of hydrogen-bond acceptors (Lipinski definition) is 6. The summed E-state index contributed by atoms with van der Waals surface area (Å²) in [6, 6.07) is 3.47. The molecule has 0 aromatic heterocycles. The minimum absolute atomic E-state index is 0.00793. The average Bonchev–Trinajstić information content (AvgIpc) is 2.64. The SMILES string of the molecule is COC(=O)C1=C(C)NC2=C(C(=O)CC(C)(C)C2)[C@H]1c1cc(Cl)c(OC)c(OC)c1. The number of allylic oxidation sites excluding steroid dienone is 3. The molecule has 3 rings (SSSR count). The van der Waals surface area contributed by atoms with Crippen LogP contribution in [0.1, 0.15) is 45.1 Å². The average molecular weight is 420 g/mol. The number of dihydropyridines is 1. The van der Waals surface area contributed by atoms with Crippen molar-refractivity contribution in [2.75, 3.05) is 21.3 Å². The molecule has 0 saturated heterocycles. The number of hydrogen-bond donors (Lipinski definition) is 1. The van der Waals surface area contributed by atoms with Crippen LogP contribution in [0.3, 0.4) is 0 Å². The first-order valence-corrected chi connectivity index (χ1v) is 9.75. The quantitative estimate of drug-likeness (QED) is 0.739. The maximum absolute atomic E-state index is 13.2. The van der Waals surface area contributed by atoms with Gasteiger partial charge in [-0.2, -0.15) is 0 Å². The lowest BCUT2D eigenvalue weighted by atomic mass is 9.68. The lowest BCUT2D eigenvalue weighted by Gasteiger charge is -2.39. The van der Waals surface area contributed by atoms with E-state index in [0.29, 0.717) is 51.8 Å². The second kappa shape index (κ2) is 7.75. The highest BCUT2D eigenvalue weighted by atomic mass is 35.5. The summed E-state index contributed by atoms with van der Waals surface area (Å²) in [5.74, 6) is -0.248. The summed E-state index contributed by atoms with van der Waals surface area (Å²) in [6.07, 6.45) is 1.11. The van der Waals surface area contributed by atoms with E-state index < -0.39 is 11.9 Å². The maximum atomic E-state index is 13.2. The predicted molar refractivity (Wildman–Crippen MR) is 110 cm³/mol. The minimum atomic E-state index is -0.598. The molecule has 2 aliphatic rings. The summed E-state index contributed by atoms with van der Waals surface area (Å²) in [7, 11) is 4.35. The number of carbonyl (C=O) groups excluding carboxylic acids is 2. The molecule has 1 aliphatic carbocycles. The van der Waals surface area contributed by atoms with E-state index in [9.17, 15) is 9.59 Å². The van der Waals surface area contributed by atoms with Crippen molar-refractivity contribution in [3.63, 3.8) is 0 Å². The largest absolute Gasteiger partial charge is 0.493 e. The summed E-state index contributed by atoms with van der Waals surface area (Å²) in [5.41, 5.74) is 2.99. The van der Waals surface area contributed by atoms with Crippen molar-refractivity contribution in [1.29, 1.82) is 0 Å². The summed E-state index contributed by atoms with van der Waals surface area (Å²) in [4.78, 5) is 25.9. The Bertz CT molecular complexity index is 945. The lowest BCUT2D eigenvalue weighted by Crippen LogP contribution is -2.38. The molecule has 7 heteroatoms. The van der Waals surface area contributed by atoms with Crippen LogP contribution >= 0.6 is 11.6 Å². The van der Waals surface area contributed by atoms with Crippen LogP contribution in [-0.2, 0) is 14.3 Å². The number of halogens is 1. The number of benzene rings is 1. The van der Waals surface area contributed by atoms with E-state index in [2.05, 4.69) is 19.2 Å². The van der Waals surface area contributed by atoms with Crippen molar-refractivity contribution >= 4 is 23.4 Å². The molecule has 0 saturated carbocycles. The third-order valence-corrected chi connectivity index (χ3v) is 5.72. The molecule has 6 nitrogen and oxygen atoms in total. The molecule has 0 fully saturated rings. The van der Waals surface area contributed by atoms with Gasteiger partial charge in [0.25, 0.3) is 0 Å². The van der Waals surface area contributed by atoms with Gasteiger partial charge in [0.2, 0.25) is 0 Å². The van der Waals surface area contributed by atoms with Gasteiger partial charge in [-0.25, -0.2) is 4.79 Å². The Kier molecular flexibility index (Phi) is 5.68. The van der Waals surface area contributed by atoms with Crippen molar-refractivity contribution in [2.24, 2.45) is 5.41 Å². The molecule has 0 spiro atoms. The highest BCUT2D eigenvalue weighted by molar-refractivity contribution is 6.32. The van der Waals surface area contributed by atoms with Gasteiger partial charge in [-0.15, -0.1) is 0 Å². The third-order valence-electron chi connectivity index (χ3n) is 5.43. The van der Waals surface area contributed by atoms with Gasteiger partial charge in [0, 0.05) is 29.3 Å². The highest BCUT2D eigenvalue weighted by Crippen LogP contribution is 2.49. The Morgan fingerprint density at radius 1 is 1.17 bits per heavy atom. The molecule has 1 atom stereocenters. The monoisotopic (exact) mass is 419 g/mol. The zero-order valence-corrected chi connectivity index (χ0v) is 18.3. The molecule has 156 valence electrons. The van der Waals surface area contributed by atoms with E-state index in [1.807, 2.05) is 6.92 Å². The molecule has 1 aromatic rings. The van der Waals surface area contributed by atoms with Crippen LogP contribution in [0.4, 0.5) is 0 Å². The first-order chi connectivity index (χ1) is 13.6. The number of Topliss-reactive ketones (excluding diaryl/α,β-unsaturated/α-hetero) is 1. The number of rotatable bonds is 4. The van der Waals surface area contributed by atoms with Crippen LogP contribution in [0.15, 0.2) is 34.7 Å². The van der Waals surface area contributed by atoms with E-state index in [4.69, 9.17) is 25.8 Å². The van der Waals surface area contributed by atoms with Gasteiger partial charge in [0.15, 0.2) is 17.3 Å². The van der Waals surface area contributed by atoms with Crippen LogP contribution in [0.5, 0.6) is 11.5 Å². The van der Waals surface area contributed by atoms with Gasteiger partial charge in [0.05, 0.1) is 31.9 Å². The van der Waals surface area contributed by atoms with Gasteiger partial charge in [-0.05, 0) is 36.5 Å². The highest BCUT2D eigenvalue weighted by Gasteiger charge is 2.43. The fourth-order valence-corrected chi connectivity index (χ4v) is 4.55. The zero-order chi connectivity index (χ0) is 21.5. The topological polar surface area (TPSA) is 73.9 Å². The van der Waals surface area contributed by atoms with Gasteiger partial charge < -0.3 is 19.5 Å². The first-order valence-electron chi connectivity index (χ1n) is 9.37. The molecule has 0 radical (unpaired) electrons. The molecule has 0 bridgehead atoms. The Labute approximate surface area is 175 Å². The Morgan fingerprint density at radius 2 is 1.86 bits per heavy atom. The Hall–Kier alpha value is -2.47. The molecule has 1 aliphatic heterocycles. The van der Waals surface area contributed by atoms with Gasteiger partial charge in [-0.1, -0.05) is 25.4 Å². The van der Waals surface area contributed by atoms with Crippen molar-refractivity contribution in [1.82, 2.24) is 5.32 Å². The second-order valence-electron chi connectivity index (χ2n) is 8.16. The summed E-state index contributed by atoms with van der Waals surface area (Å²) < 4.78 is 15.8. The molecule has 0 amide bonds. The number of methoxy groups -OCH3 is 3. The van der Waals surface area contributed by atoms with Crippen molar-refractivity contribution in [3.05, 3.63) is 45.3 Å². The number of nitrogens with one attached hydrogen (secondary N) is 1. The van der Waals surface area contributed by atoms with E-state index in [1.54, 1.807) is 12.1 Å². The van der Waals surface area contributed by atoms with Crippen LogP contribution in [0, 0.1) is 5.41 Å². The summed E-state index contributed by atoms with van der Waals surface area (Å²) in [5, 5.41) is 3.62. The lowest BCUT2D eigenvalue weighted by molar-refractivity contribution is -0.136. The zero-order valence-electron chi connectivity index (χ0n) is 17.6. The fourth-order valence-electron chi connectivity index (χ4n) is 4.25. The number of carbonyl (C=O) groups is 2. The minimum Gasteiger partial charge on any atom is -0.493 e. The van der Waals surface area contributed by atoms with Crippen LogP contribution < -0.4 is 14.8 Å². The molecule has 0 unspecified atom stereocenters. The molecule has 29 heavy (non-hydrogen) atoms. The van der Waals surface area contributed by atoms with E-state index in [-0.39, 0.29) is 11.2 Å². The van der Waals surface area contributed by atoms with Gasteiger partial charge in [-0.3, -0.25) is 4.79 Å². The number of esters is 1. The van der Waals surface area contributed by atoms with Crippen molar-refractivity contribution in [2.45, 2.75) is 39.5 Å². The second-order valence-corrected chi connectivity index (χ2v) is 8.57. The molecule has 1 N–H and O–H groups in total. The number of ether oxygens (including phenoxy) is 3. The van der Waals surface area contributed by atoms with Crippen LogP contribution in [0.25, 0.3) is 0 Å². The third kappa shape index (κ3) is 3.73. The van der Waals surface area contributed by atoms with E-state index >= 15 is 0 Å². The summed E-state index contributed by atoms with van der Waals surface area (Å²) >= 11 is 6.43. The maximum Gasteiger partial charge on any atom is 0.336 e.